The van der Waals surface area contributed by atoms with E-state index in [0.29, 0.717) is 0 Å². The summed E-state index contributed by atoms with van der Waals surface area (Å²) in [6, 6.07) is 7.52. The summed E-state index contributed by atoms with van der Waals surface area (Å²) in [5.74, 6) is -0.767. The van der Waals surface area contributed by atoms with Gasteiger partial charge in [0, 0.05) is 11.4 Å². The van der Waals surface area contributed by atoms with Gasteiger partial charge in [-0.3, -0.25) is 9.59 Å². The standard InChI is InChI=1S/C14H16BrNO3/c1-10(17)19-14(2,9-16)13(18)8-5-11-3-6-12(15)7-4-11/h3-8H,9,16H2,1-2H3/p+1/b8-5+. The zero-order chi connectivity index (χ0) is 14.5. The fourth-order valence-electron chi connectivity index (χ4n) is 1.46. The number of quaternary nitrogens is 1. The van der Waals surface area contributed by atoms with Gasteiger partial charge in [-0.2, -0.15) is 0 Å². The van der Waals surface area contributed by atoms with Crippen molar-refractivity contribution < 1.29 is 20.1 Å². The highest BCUT2D eigenvalue weighted by Gasteiger charge is 2.35. The molecular formula is C14H17BrNO3+. The first-order valence-electron chi connectivity index (χ1n) is 5.84. The average molecular weight is 327 g/mol. The Morgan fingerprint density at radius 2 is 1.95 bits per heavy atom. The Morgan fingerprint density at radius 1 is 1.37 bits per heavy atom. The van der Waals surface area contributed by atoms with Crippen molar-refractivity contribution in [1.29, 1.82) is 0 Å². The molecule has 5 heteroatoms. The summed E-state index contributed by atoms with van der Waals surface area (Å²) >= 11 is 3.34. The minimum atomic E-state index is -1.20. The predicted octanol–water partition coefficient (Wildman–Crippen LogP) is 1.60. The normalized spacial score (nSPS) is 14.1. The van der Waals surface area contributed by atoms with E-state index in [1.807, 2.05) is 24.3 Å². The smallest absolute Gasteiger partial charge is 0.303 e. The first-order chi connectivity index (χ1) is 8.87. The highest BCUT2D eigenvalue weighted by Crippen LogP contribution is 2.14. The zero-order valence-electron chi connectivity index (χ0n) is 11.0. The van der Waals surface area contributed by atoms with E-state index in [9.17, 15) is 9.59 Å². The largest absolute Gasteiger partial charge is 0.445 e. The molecular weight excluding hydrogens is 310 g/mol. The van der Waals surface area contributed by atoms with Crippen molar-refractivity contribution in [1.82, 2.24) is 0 Å². The second kappa shape index (κ2) is 6.63. The molecule has 3 N–H and O–H groups in total. The SMILES string of the molecule is CC(=O)OC(C)(C[NH3+])C(=O)/C=C/c1ccc(Br)cc1. The lowest BCUT2D eigenvalue weighted by molar-refractivity contribution is -0.391. The van der Waals surface area contributed by atoms with Gasteiger partial charge in [0.05, 0.1) is 0 Å². The summed E-state index contributed by atoms with van der Waals surface area (Å²) in [7, 11) is 0. The maximum atomic E-state index is 12.1. The molecule has 1 unspecified atom stereocenters. The Kier molecular flexibility index (Phi) is 5.44. The number of esters is 1. The molecule has 0 aliphatic carbocycles. The van der Waals surface area contributed by atoms with Crippen LogP contribution in [0.25, 0.3) is 6.08 Å². The van der Waals surface area contributed by atoms with Gasteiger partial charge in [0.2, 0.25) is 11.4 Å². The molecule has 102 valence electrons. The first-order valence-corrected chi connectivity index (χ1v) is 6.63. The van der Waals surface area contributed by atoms with Crippen molar-refractivity contribution in [2.45, 2.75) is 19.4 Å². The summed E-state index contributed by atoms with van der Waals surface area (Å²) < 4.78 is 6.02. The number of hydrogen-bond acceptors (Lipinski definition) is 3. The molecule has 0 aromatic heterocycles. The van der Waals surface area contributed by atoms with Gasteiger partial charge in [-0.15, -0.1) is 0 Å². The predicted molar refractivity (Wildman–Crippen MR) is 76.1 cm³/mol. The molecule has 0 amide bonds. The monoisotopic (exact) mass is 326 g/mol. The van der Waals surface area contributed by atoms with E-state index in [1.165, 1.54) is 13.0 Å². The third-order valence-corrected chi connectivity index (χ3v) is 3.19. The quantitative estimate of drug-likeness (QED) is 0.659. The number of carbonyl (C=O) groups is 2. The topological polar surface area (TPSA) is 71.0 Å². The molecule has 0 heterocycles. The van der Waals surface area contributed by atoms with E-state index in [0.717, 1.165) is 10.0 Å². The number of ether oxygens (including phenoxy) is 1. The molecule has 0 bridgehead atoms. The Bertz CT molecular complexity index is 496. The van der Waals surface area contributed by atoms with E-state index in [1.54, 1.807) is 13.0 Å². The summed E-state index contributed by atoms with van der Waals surface area (Å²) in [6.45, 7) is 3.03. The first kappa shape index (κ1) is 15.6. The minimum absolute atomic E-state index is 0.191. The van der Waals surface area contributed by atoms with Crippen LogP contribution in [0.5, 0.6) is 0 Å². The van der Waals surface area contributed by atoms with Crippen molar-refractivity contribution in [2.24, 2.45) is 0 Å². The van der Waals surface area contributed by atoms with E-state index in [4.69, 9.17) is 4.74 Å². The van der Waals surface area contributed by atoms with E-state index >= 15 is 0 Å². The van der Waals surface area contributed by atoms with Gasteiger partial charge >= 0.3 is 5.97 Å². The molecule has 0 aliphatic heterocycles. The van der Waals surface area contributed by atoms with E-state index < -0.39 is 11.6 Å². The number of benzene rings is 1. The Morgan fingerprint density at radius 3 is 2.42 bits per heavy atom. The highest BCUT2D eigenvalue weighted by molar-refractivity contribution is 9.10. The minimum Gasteiger partial charge on any atom is -0.445 e. The molecule has 0 saturated heterocycles. The second-order valence-corrected chi connectivity index (χ2v) is 5.24. The number of carbonyl (C=O) groups excluding carboxylic acids is 2. The van der Waals surface area contributed by atoms with Crippen LogP contribution in [-0.2, 0) is 14.3 Å². The number of ketones is 1. The fourth-order valence-corrected chi connectivity index (χ4v) is 1.73. The molecule has 19 heavy (non-hydrogen) atoms. The lowest BCUT2D eigenvalue weighted by atomic mass is 9.99. The van der Waals surface area contributed by atoms with Gasteiger partial charge in [-0.1, -0.05) is 34.1 Å². The molecule has 0 aliphatic rings. The van der Waals surface area contributed by atoms with Gasteiger partial charge in [-0.25, -0.2) is 0 Å². The third kappa shape index (κ3) is 4.61. The molecule has 0 spiro atoms. The van der Waals surface area contributed by atoms with Crippen molar-refractivity contribution in [2.75, 3.05) is 6.54 Å². The molecule has 1 aromatic rings. The van der Waals surface area contributed by atoms with Crippen LogP contribution >= 0.6 is 15.9 Å². The van der Waals surface area contributed by atoms with Gasteiger partial charge in [-0.05, 0) is 30.7 Å². The molecule has 4 nitrogen and oxygen atoms in total. The van der Waals surface area contributed by atoms with Gasteiger partial charge in [0.15, 0.2) is 0 Å². The highest BCUT2D eigenvalue weighted by atomic mass is 79.9. The molecule has 1 aromatic carbocycles. The zero-order valence-corrected chi connectivity index (χ0v) is 12.6. The maximum Gasteiger partial charge on any atom is 0.303 e. The second-order valence-electron chi connectivity index (χ2n) is 4.32. The molecule has 1 rings (SSSR count). The molecule has 0 saturated carbocycles. The summed E-state index contributed by atoms with van der Waals surface area (Å²) in [4.78, 5) is 23.1. The van der Waals surface area contributed by atoms with Gasteiger partial charge < -0.3 is 10.5 Å². The van der Waals surface area contributed by atoms with Crippen LogP contribution in [-0.4, -0.2) is 23.9 Å². The Labute approximate surface area is 120 Å². The number of rotatable bonds is 5. The Balaban J connectivity index is 2.82. The van der Waals surface area contributed by atoms with Gasteiger partial charge in [0.1, 0.15) is 6.54 Å². The van der Waals surface area contributed by atoms with Crippen LogP contribution in [0.4, 0.5) is 0 Å². The van der Waals surface area contributed by atoms with Crippen LogP contribution in [0.2, 0.25) is 0 Å². The van der Waals surface area contributed by atoms with Crippen LogP contribution in [0.15, 0.2) is 34.8 Å². The Hall–Kier alpha value is -1.46. The molecule has 0 fully saturated rings. The number of halogens is 1. The average Bonchev–Trinajstić information content (AvgIpc) is 2.36. The lowest BCUT2D eigenvalue weighted by Gasteiger charge is -2.22. The molecule has 1 atom stereocenters. The third-order valence-electron chi connectivity index (χ3n) is 2.66. The summed E-state index contributed by atoms with van der Waals surface area (Å²) in [6.07, 6.45) is 3.10. The number of hydrogen-bond donors (Lipinski definition) is 1. The van der Waals surface area contributed by atoms with Crippen molar-refractivity contribution in [3.8, 4) is 0 Å². The van der Waals surface area contributed by atoms with Crippen molar-refractivity contribution >= 4 is 33.8 Å². The summed E-state index contributed by atoms with van der Waals surface area (Å²) in [5, 5.41) is 0. The van der Waals surface area contributed by atoms with Crippen molar-refractivity contribution in [3.63, 3.8) is 0 Å². The van der Waals surface area contributed by atoms with E-state index in [2.05, 4.69) is 21.7 Å². The summed E-state index contributed by atoms with van der Waals surface area (Å²) in [5.41, 5.74) is 3.36. The fraction of sp³-hybridized carbons (Fsp3) is 0.286. The van der Waals surface area contributed by atoms with E-state index in [-0.39, 0.29) is 12.3 Å². The van der Waals surface area contributed by atoms with Gasteiger partial charge in [0.25, 0.3) is 0 Å². The van der Waals surface area contributed by atoms with Crippen LogP contribution < -0.4 is 5.73 Å². The van der Waals surface area contributed by atoms with Crippen molar-refractivity contribution in [3.05, 3.63) is 40.4 Å². The maximum absolute atomic E-state index is 12.1. The molecule has 0 radical (unpaired) electrons. The lowest BCUT2D eigenvalue weighted by Crippen LogP contribution is -2.64. The van der Waals surface area contributed by atoms with Crippen LogP contribution in [0.1, 0.15) is 19.4 Å². The van der Waals surface area contributed by atoms with Crippen LogP contribution in [0, 0.1) is 0 Å². The van der Waals surface area contributed by atoms with Crippen LogP contribution in [0.3, 0.4) is 0 Å².